The lowest BCUT2D eigenvalue weighted by Gasteiger charge is -2.34. The molecule has 9 heteroatoms. The van der Waals surface area contributed by atoms with Gasteiger partial charge in [0.1, 0.15) is 18.2 Å². The first kappa shape index (κ1) is 23.6. The molecule has 3 aromatic carbocycles. The quantitative estimate of drug-likeness (QED) is 0.522. The van der Waals surface area contributed by atoms with Crippen LogP contribution in [0.4, 0.5) is 19.3 Å². The molecule has 0 unspecified atom stereocenters. The van der Waals surface area contributed by atoms with Crippen molar-refractivity contribution in [2.24, 2.45) is 0 Å². The van der Waals surface area contributed by atoms with E-state index >= 15 is 0 Å². The van der Waals surface area contributed by atoms with Crippen molar-refractivity contribution in [3.05, 3.63) is 89.0 Å². The van der Waals surface area contributed by atoms with Gasteiger partial charge in [0.2, 0.25) is 0 Å². The normalized spacial score (nSPS) is 16.6. The van der Waals surface area contributed by atoms with Crippen molar-refractivity contribution < 1.29 is 27.8 Å². The van der Waals surface area contributed by atoms with Gasteiger partial charge in [-0.2, -0.15) is 0 Å². The summed E-state index contributed by atoms with van der Waals surface area (Å²) >= 11 is 0. The Morgan fingerprint density at radius 1 is 0.889 bits per heavy atom. The van der Waals surface area contributed by atoms with E-state index in [1.807, 2.05) is 0 Å². The minimum absolute atomic E-state index is 0.100. The van der Waals surface area contributed by atoms with Crippen molar-refractivity contribution in [1.29, 1.82) is 0 Å². The summed E-state index contributed by atoms with van der Waals surface area (Å²) in [7, 11) is 3.09. The van der Waals surface area contributed by atoms with Crippen molar-refractivity contribution in [2.75, 3.05) is 32.3 Å². The number of fused-ring (bicyclic) bond motifs is 1. The van der Waals surface area contributed by atoms with Crippen molar-refractivity contribution in [1.82, 2.24) is 10.2 Å². The maximum absolute atomic E-state index is 14.1. The molecule has 36 heavy (non-hydrogen) atoms. The summed E-state index contributed by atoms with van der Waals surface area (Å²) < 4.78 is 38.4. The molecule has 0 spiro atoms. The molecule has 0 saturated carbocycles. The number of benzene rings is 3. The topological polar surface area (TPSA) is 71.1 Å². The maximum Gasteiger partial charge on any atom is 0.327 e. The number of rotatable bonds is 6. The lowest BCUT2D eigenvalue weighted by Crippen LogP contribution is -2.47. The molecular weight excluding hydrogens is 468 g/mol. The van der Waals surface area contributed by atoms with Gasteiger partial charge in [-0.15, -0.1) is 0 Å². The number of methoxy groups -OCH3 is 2. The maximum atomic E-state index is 14.1. The molecule has 0 aliphatic carbocycles. The number of imide groups is 1. The van der Waals surface area contributed by atoms with Gasteiger partial charge < -0.3 is 19.7 Å². The largest absolute Gasteiger partial charge is 0.497 e. The van der Waals surface area contributed by atoms with E-state index < -0.39 is 29.1 Å². The zero-order valence-electron chi connectivity index (χ0n) is 19.9. The minimum Gasteiger partial charge on any atom is -0.497 e. The highest BCUT2D eigenvalue weighted by atomic mass is 19.2. The van der Waals surface area contributed by atoms with Crippen LogP contribution in [0.15, 0.2) is 60.7 Å². The highest BCUT2D eigenvalue weighted by Gasteiger charge is 2.54. The third-order valence-electron chi connectivity index (χ3n) is 6.80. The van der Waals surface area contributed by atoms with Crippen molar-refractivity contribution in [2.45, 2.75) is 18.4 Å². The number of hydrogen-bond acceptors (Lipinski definition) is 5. The Morgan fingerprint density at radius 2 is 1.44 bits per heavy atom. The molecule has 1 saturated heterocycles. The van der Waals surface area contributed by atoms with E-state index in [1.54, 1.807) is 67.7 Å². The number of carbonyl (C=O) groups excluding carboxylic acids is 2. The van der Waals surface area contributed by atoms with E-state index in [0.717, 1.165) is 11.0 Å². The number of urea groups is 1. The fourth-order valence-electron chi connectivity index (χ4n) is 4.92. The molecule has 1 N–H and O–H groups in total. The lowest BCUT2D eigenvalue weighted by molar-refractivity contribution is -0.130. The van der Waals surface area contributed by atoms with Crippen LogP contribution in [-0.2, 0) is 16.8 Å². The van der Waals surface area contributed by atoms with Crippen LogP contribution in [0.5, 0.6) is 11.5 Å². The van der Waals surface area contributed by atoms with Gasteiger partial charge in [0, 0.05) is 18.3 Å². The fourth-order valence-corrected chi connectivity index (χ4v) is 4.92. The third kappa shape index (κ3) is 3.80. The van der Waals surface area contributed by atoms with Gasteiger partial charge in [-0.05, 0) is 59.9 Å². The number of aryl methyl sites for hydroxylation is 1. The highest BCUT2D eigenvalue weighted by molar-refractivity contribution is 6.09. The number of halogens is 2. The number of amides is 3. The van der Waals surface area contributed by atoms with Crippen LogP contribution in [-0.4, -0.2) is 44.3 Å². The summed E-state index contributed by atoms with van der Waals surface area (Å²) in [5.41, 5.74) is 0.751. The first-order valence-electron chi connectivity index (χ1n) is 11.5. The van der Waals surface area contributed by atoms with Crippen molar-refractivity contribution in [3.8, 4) is 11.5 Å². The van der Waals surface area contributed by atoms with Gasteiger partial charge >= 0.3 is 6.03 Å². The van der Waals surface area contributed by atoms with Gasteiger partial charge in [-0.1, -0.05) is 24.3 Å². The molecule has 3 aromatic rings. The summed E-state index contributed by atoms with van der Waals surface area (Å²) in [4.78, 5) is 30.2. The molecular formula is C27H25F2N3O4. The molecule has 2 aliphatic rings. The van der Waals surface area contributed by atoms with Gasteiger partial charge in [0.05, 0.1) is 14.2 Å². The van der Waals surface area contributed by atoms with Crippen molar-refractivity contribution >= 4 is 17.6 Å². The van der Waals surface area contributed by atoms with Crippen molar-refractivity contribution in [3.63, 3.8) is 0 Å². The second-order valence-electron chi connectivity index (χ2n) is 8.77. The molecule has 186 valence electrons. The Morgan fingerprint density at radius 3 is 2.00 bits per heavy atom. The van der Waals surface area contributed by atoms with Crippen LogP contribution in [0.3, 0.4) is 0 Å². The molecule has 1 fully saturated rings. The van der Waals surface area contributed by atoms with E-state index in [4.69, 9.17) is 9.47 Å². The number of nitrogens with zero attached hydrogens (tertiary/aromatic N) is 2. The molecule has 0 radical (unpaired) electrons. The molecule has 0 aromatic heterocycles. The summed E-state index contributed by atoms with van der Waals surface area (Å²) in [6.45, 7) is 0.393. The van der Waals surface area contributed by atoms with E-state index in [2.05, 4.69) is 5.32 Å². The Balaban J connectivity index is 1.54. The number of nitrogens with one attached hydrogen (secondary N) is 1. The highest BCUT2D eigenvalue weighted by Crippen LogP contribution is 2.38. The summed E-state index contributed by atoms with van der Waals surface area (Å²) in [6, 6.07) is 15.6. The monoisotopic (exact) mass is 493 g/mol. The summed E-state index contributed by atoms with van der Waals surface area (Å²) in [5, 5.41) is 2.90. The molecule has 0 atom stereocenters. The number of hydrogen-bond donors (Lipinski definition) is 1. The molecule has 3 amide bonds. The number of ether oxygens (including phenoxy) is 2. The van der Waals surface area contributed by atoms with Gasteiger partial charge in [0.25, 0.3) is 5.91 Å². The van der Waals surface area contributed by atoms with E-state index in [-0.39, 0.29) is 6.67 Å². The SMILES string of the molecule is COc1ccc(C2(c3ccc(OC)cc3)NC(=O)N(CN3CCCc4cc(F)c(F)cc43)C2=O)cc1. The predicted octanol–water partition coefficient (Wildman–Crippen LogP) is 4.19. The van der Waals surface area contributed by atoms with Crippen LogP contribution < -0.4 is 19.7 Å². The Kier molecular flexibility index (Phi) is 5.99. The fraction of sp³-hybridized carbons (Fsp3) is 0.259. The second-order valence-corrected chi connectivity index (χ2v) is 8.77. The number of anilines is 1. The molecule has 7 nitrogen and oxygen atoms in total. The van der Waals surface area contributed by atoms with Crippen LogP contribution in [0.1, 0.15) is 23.1 Å². The molecule has 2 heterocycles. The third-order valence-corrected chi connectivity index (χ3v) is 6.80. The summed E-state index contributed by atoms with van der Waals surface area (Å²) in [5.74, 6) is -1.14. The van der Waals surface area contributed by atoms with Gasteiger partial charge in [-0.25, -0.2) is 18.5 Å². The second kappa shape index (κ2) is 9.14. The number of carbonyl (C=O) groups is 2. The predicted molar refractivity (Wildman–Crippen MR) is 129 cm³/mol. The Labute approximate surface area is 207 Å². The van der Waals surface area contributed by atoms with Crippen LogP contribution in [0.25, 0.3) is 0 Å². The minimum atomic E-state index is -1.48. The zero-order valence-corrected chi connectivity index (χ0v) is 19.9. The standard InChI is InChI=1S/C27H25F2N3O4/c1-35-20-9-5-18(6-10-20)27(19-7-11-21(36-2)12-8-19)25(33)32(26(34)30-27)16-31-13-3-4-17-14-22(28)23(29)15-24(17)31/h5-12,14-15H,3-4,13,16H2,1-2H3,(H,30,34). The first-order chi connectivity index (χ1) is 17.4. The van der Waals surface area contributed by atoms with Gasteiger partial charge in [0.15, 0.2) is 17.2 Å². The lowest BCUT2D eigenvalue weighted by atomic mass is 9.82. The van der Waals surface area contributed by atoms with Crippen LogP contribution in [0, 0.1) is 11.6 Å². The molecule has 5 rings (SSSR count). The van der Waals surface area contributed by atoms with Crippen LogP contribution in [0.2, 0.25) is 0 Å². The van der Waals surface area contributed by atoms with Gasteiger partial charge in [-0.3, -0.25) is 4.79 Å². The van der Waals surface area contributed by atoms with Crippen LogP contribution >= 0.6 is 0 Å². The smallest absolute Gasteiger partial charge is 0.327 e. The molecule has 2 aliphatic heterocycles. The first-order valence-corrected chi connectivity index (χ1v) is 11.5. The van der Waals surface area contributed by atoms with E-state index in [0.29, 0.717) is 53.3 Å². The zero-order chi connectivity index (χ0) is 25.4. The average Bonchev–Trinajstić information content (AvgIpc) is 3.15. The van der Waals surface area contributed by atoms with E-state index in [9.17, 15) is 18.4 Å². The van der Waals surface area contributed by atoms with E-state index in [1.165, 1.54) is 6.07 Å². The Bertz CT molecular complexity index is 1260. The molecule has 0 bridgehead atoms. The summed E-state index contributed by atoms with van der Waals surface area (Å²) in [6.07, 6.45) is 1.27. The average molecular weight is 494 g/mol. The Hall–Kier alpha value is -4.14.